The normalized spacial score (nSPS) is 10.4. The summed E-state index contributed by atoms with van der Waals surface area (Å²) in [6, 6.07) is 6.04. The summed E-state index contributed by atoms with van der Waals surface area (Å²) in [4.78, 5) is 7.33. The predicted molar refractivity (Wildman–Crippen MR) is 72.5 cm³/mol. The lowest BCUT2D eigenvalue weighted by Crippen LogP contribution is -2.00. The van der Waals surface area contributed by atoms with Gasteiger partial charge in [-0.25, -0.2) is 4.98 Å². The Labute approximate surface area is 111 Å². The molecule has 1 aromatic carbocycles. The number of hydrogen-bond donors (Lipinski definition) is 2. The van der Waals surface area contributed by atoms with Gasteiger partial charge in [0.2, 0.25) is 0 Å². The highest BCUT2D eigenvalue weighted by Crippen LogP contribution is 2.26. The van der Waals surface area contributed by atoms with Gasteiger partial charge in [0.05, 0.1) is 18.4 Å². The summed E-state index contributed by atoms with van der Waals surface area (Å²) in [6.45, 7) is 2.68. The Bertz CT molecular complexity index is 494. The van der Waals surface area contributed by atoms with Gasteiger partial charge in [0, 0.05) is 14.6 Å². The minimum Gasteiger partial charge on any atom is -0.378 e. The molecule has 0 saturated carbocycles. The molecule has 2 N–H and O–H groups in total. The number of rotatable bonds is 3. The van der Waals surface area contributed by atoms with Crippen molar-refractivity contribution in [2.45, 2.75) is 13.5 Å². The molecule has 0 unspecified atom stereocenters. The minimum atomic E-state index is 0.732. The van der Waals surface area contributed by atoms with E-state index < -0.39 is 0 Å². The van der Waals surface area contributed by atoms with Crippen molar-refractivity contribution in [1.29, 1.82) is 0 Å². The average molecular weight is 345 g/mol. The van der Waals surface area contributed by atoms with Crippen LogP contribution >= 0.6 is 31.9 Å². The number of imidazole rings is 1. The highest BCUT2D eigenvalue weighted by Gasteiger charge is 2.01. The Morgan fingerprint density at radius 2 is 2.19 bits per heavy atom. The lowest BCUT2D eigenvalue weighted by molar-refractivity contribution is 1.05. The number of aromatic amines is 1. The summed E-state index contributed by atoms with van der Waals surface area (Å²) in [7, 11) is 0. The van der Waals surface area contributed by atoms with Crippen molar-refractivity contribution in [2.24, 2.45) is 0 Å². The summed E-state index contributed by atoms with van der Waals surface area (Å²) in [6.07, 6.45) is 1.84. The number of aromatic nitrogens is 2. The highest BCUT2D eigenvalue weighted by molar-refractivity contribution is 9.11. The van der Waals surface area contributed by atoms with E-state index in [1.54, 1.807) is 0 Å². The van der Waals surface area contributed by atoms with Gasteiger partial charge in [-0.1, -0.05) is 15.9 Å². The third-order valence-electron chi connectivity index (χ3n) is 2.15. The van der Waals surface area contributed by atoms with Gasteiger partial charge in [0.25, 0.3) is 0 Å². The zero-order chi connectivity index (χ0) is 11.5. The first-order valence-corrected chi connectivity index (χ1v) is 6.43. The maximum absolute atomic E-state index is 4.15. The molecule has 84 valence electrons. The van der Waals surface area contributed by atoms with E-state index in [1.807, 2.05) is 31.3 Å². The van der Waals surface area contributed by atoms with E-state index in [-0.39, 0.29) is 0 Å². The third-order valence-corrected chi connectivity index (χ3v) is 3.34. The lowest BCUT2D eigenvalue weighted by atomic mass is 10.3. The van der Waals surface area contributed by atoms with Gasteiger partial charge in [-0.3, -0.25) is 0 Å². The number of anilines is 1. The van der Waals surface area contributed by atoms with Crippen LogP contribution in [0, 0.1) is 6.92 Å². The van der Waals surface area contributed by atoms with Crippen LogP contribution in [0.5, 0.6) is 0 Å². The highest BCUT2D eigenvalue weighted by atomic mass is 79.9. The summed E-state index contributed by atoms with van der Waals surface area (Å²) in [5, 5.41) is 3.34. The monoisotopic (exact) mass is 343 g/mol. The average Bonchev–Trinajstić information content (AvgIpc) is 2.66. The molecule has 5 heteroatoms. The number of aryl methyl sites for hydroxylation is 1. The zero-order valence-electron chi connectivity index (χ0n) is 8.72. The summed E-state index contributed by atoms with van der Waals surface area (Å²) < 4.78 is 2.10. The third kappa shape index (κ3) is 2.86. The van der Waals surface area contributed by atoms with Crippen molar-refractivity contribution in [3.8, 4) is 0 Å². The molecule has 2 aromatic rings. The van der Waals surface area contributed by atoms with E-state index in [4.69, 9.17) is 0 Å². The first-order valence-electron chi connectivity index (χ1n) is 4.84. The van der Waals surface area contributed by atoms with Crippen LogP contribution in [0.2, 0.25) is 0 Å². The van der Waals surface area contributed by atoms with Crippen LogP contribution in [0.3, 0.4) is 0 Å². The lowest BCUT2D eigenvalue weighted by Gasteiger charge is -2.07. The maximum Gasteiger partial charge on any atom is 0.103 e. The van der Waals surface area contributed by atoms with Crippen LogP contribution in [0.4, 0.5) is 5.69 Å². The topological polar surface area (TPSA) is 40.7 Å². The van der Waals surface area contributed by atoms with Gasteiger partial charge >= 0.3 is 0 Å². The van der Waals surface area contributed by atoms with Crippen molar-refractivity contribution in [3.63, 3.8) is 0 Å². The fourth-order valence-electron chi connectivity index (χ4n) is 1.38. The van der Waals surface area contributed by atoms with E-state index in [1.165, 1.54) is 0 Å². The number of benzene rings is 1. The second kappa shape index (κ2) is 5.01. The number of hydrogen-bond acceptors (Lipinski definition) is 2. The largest absolute Gasteiger partial charge is 0.378 e. The van der Waals surface area contributed by atoms with Crippen LogP contribution in [0.25, 0.3) is 0 Å². The number of halogens is 2. The molecule has 0 radical (unpaired) electrons. The Kier molecular flexibility index (Phi) is 3.66. The molecular formula is C11H11Br2N3. The maximum atomic E-state index is 4.15. The fourth-order valence-corrected chi connectivity index (χ4v) is 2.13. The quantitative estimate of drug-likeness (QED) is 0.887. The molecule has 0 atom stereocenters. The van der Waals surface area contributed by atoms with Crippen molar-refractivity contribution < 1.29 is 0 Å². The SMILES string of the molecule is Cc1ncc(CNc2cc(Br)ccc2Br)[nH]1. The van der Waals surface area contributed by atoms with E-state index >= 15 is 0 Å². The molecule has 0 fully saturated rings. The van der Waals surface area contributed by atoms with E-state index in [9.17, 15) is 0 Å². The van der Waals surface area contributed by atoms with Crippen LogP contribution in [0.1, 0.15) is 11.5 Å². The van der Waals surface area contributed by atoms with E-state index in [0.29, 0.717) is 0 Å². The van der Waals surface area contributed by atoms with Crippen molar-refractivity contribution in [1.82, 2.24) is 9.97 Å². The summed E-state index contributed by atoms with van der Waals surface area (Å²) in [5.41, 5.74) is 2.13. The Hall–Kier alpha value is -0.810. The molecule has 3 nitrogen and oxygen atoms in total. The molecule has 0 saturated heterocycles. The van der Waals surface area contributed by atoms with Crippen LogP contribution in [-0.2, 0) is 6.54 Å². The first kappa shape index (κ1) is 11.7. The van der Waals surface area contributed by atoms with Crippen LogP contribution in [0.15, 0.2) is 33.3 Å². The molecule has 0 aliphatic carbocycles. The van der Waals surface area contributed by atoms with Gasteiger partial charge in [-0.05, 0) is 41.1 Å². The minimum absolute atomic E-state index is 0.732. The van der Waals surface area contributed by atoms with Gasteiger partial charge in [-0.15, -0.1) is 0 Å². The van der Waals surface area contributed by atoms with Gasteiger partial charge in [-0.2, -0.15) is 0 Å². The molecule has 0 spiro atoms. The summed E-state index contributed by atoms with van der Waals surface area (Å²) in [5.74, 6) is 0.935. The molecule has 1 heterocycles. The second-order valence-corrected chi connectivity index (χ2v) is 5.24. The smallest absolute Gasteiger partial charge is 0.103 e. The van der Waals surface area contributed by atoms with Gasteiger partial charge in [0.15, 0.2) is 0 Å². The molecule has 0 aliphatic heterocycles. The van der Waals surface area contributed by atoms with Crippen molar-refractivity contribution >= 4 is 37.5 Å². The predicted octanol–water partition coefficient (Wildman–Crippen LogP) is 3.86. The van der Waals surface area contributed by atoms with Crippen LogP contribution in [-0.4, -0.2) is 9.97 Å². The van der Waals surface area contributed by atoms with Crippen molar-refractivity contribution in [3.05, 3.63) is 44.9 Å². The Balaban J connectivity index is 2.07. The second-order valence-electron chi connectivity index (χ2n) is 3.47. The summed E-state index contributed by atoms with van der Waals surface area (Å²) >= 11 is 6.95. The van der Waals surface area contributed by atoms with Crippen molar-refractivity contribution in [2.75, 3.05) is 5.32 Å². The Morgan fingerprint density at radius 1 is 1.38 bits per heavy atom. The number of H-pyrrole nitrogens is 1. The zero-order valence-corrected chi connectivity index (χ0v) is 11.9. The molecule has 0 amide bonds. The molecule has 1 aromatic heterocycles. The molecule has 0 bridgehead atoms. The number of nitrogens with zero attached hydrogens (tertiary/aromatic N) is 1. The first-order chi connectivity index (χ1) is 7.65. The Morgan fingerprint density at radius 3 is 2.88 bits per heavy atom. The van der Waals surface area contributed by atoms with Gasteiger partial charge < -0.3 is 10.3 Å². The molecule has 0 aliphatic rings. The van der Waals surface area contributed by atoms with E-state index in [2.05, 4.69) is 47.1 Å². The molecule has 2 rings (SSSR count). The molecule has 16 heavy (non-hydrogen) atoms. The van der Waals surface area contributed by atoms with E-state index in [0.717, 1.165) is 32.7 Å². The van der Waals surface area contributed by atoms with Crippen LogP contribution < -0.4 is 5.32 Å². The fraction of sp³-hybridized carbons (Fsp3) is 0.182. The standard InChI is InChI=1S/C11H11Br2N3/c1-7-14-5-9(16-7)6-15-11-4-8(12)2-3-10(11)13/h2-5,15H,6H2,1H3,(H,14,16). The number of nitrogens with one attached hydrogen (secondary N) is 2. The molecular weight excluding hydrogens is 334 g/mol. The van der Waals surface area contributed by atoms with Gasteiger partial charge in [0.1, 0.15) is 5.82 Å².